The number of hydrogen-bond donors (Lipinski definition) is 3. The van der Waals surface area contributed by atoms with Crippen LogP contribution in [-0.2, 0) is 20.8 Å². The first-order valence-electron chi connectivity index (χ1n) is 7.93. The Morgan fingerprint density at radius 3 is 2.74 bits per heavy atom. The number of carbonyl (C=O) groups excluding carboxylic acids is 2. The van der Waals surface area contributed by atoms with Gasteiger partial charge >= 0.3 is 5.97 Å². The number of amides is 2. The number of carboxylic acids is 1. The van der Waals surface area contributed by atoms with E-state index in [4.69, 9.17) is 5.11 Å². The molecule has 1 aliphatic carbocycles. The quantitative estimate of drug-likeness (QED) is 0.695. The van der Waals surface area contributed by atoms with E-state index in [0.717, 1.165) is 23.2 Å². The molecule has 1 aromatic carbocycles. The Balaban J connectivity index is 1.62. The van der Waals surface area contributed by atoms with Crippen LogP contribution < -0.4 is 10.6 Å². The number of hydrogen-bond acceptors (Lipinski definition) is 3. The third-order valence-electron chi connectivity index (χ3n) is 4.79. The first kappa shape index (κ1) is 15.5. The first-order chi connectivity index (χ1) is 11.0. The summed E-state index contributed by atoms with van der Waals surface area (Å²) >= 11 is 0. The summed E-state index contributed by atoms with van der Waals surface area (Å²) in [5.74, 6) is -1.86. The van der Waals surface area contributed by atoms with Gasteiger partial charge in [-0.05, 0) is 42.9 Å². The maximum Gasteiger partial charge on any atom is 0.319 e. The van der Waals surface area contributed by atoms with Crippen molar-refractivity contribution in [3.05, 3.63) is 29.3 Å². The van der Waals surface area contributed by atoms with Crippen molar-refractivity contribution in [1.82, 2.24) is 5.32 Å². The van der Waals surface area contributed by atoms with Crippen LogP contribution >= 0.6 is 0 Å². The van der Waals surface area contributed by atoms with Gasteiger partial charge < -0.3 is 15.7 Å². The molecule has 3 rings (SSSR count). The Morgan fingerprint density at radius 1 is 1.39 bits per heavy atom. The number of aryl methyl sites for hydroxylation is 1. The highest BCUT2D eigenvalue weighted by atomic mass is 16.4. The fraction of sp³-hybridized carbons (Fsp3) is 0.471. The average Bonchev–Trinajstić information content (AvgIpc) is 3.28. The molecule has 122 valence electrons. The van der Waals surface area contributed by atoms with Crippen molar-refractivity contribution in [1.29, 1.82) is 0 Å². The van der Waals surface area contributed by atoms with Crippen LogP contribution in [0.3, 0.4) is 0 Å². The molecule has 1 atom stereocenters. The van der Waals surface area contributed by atoms with Crippen LogP contribution in [0, 0.1) is 5.41 Å². The third-order valence-corrected chi connectivity index (χ3v) is 4.79. The van der Waals surface area contributed by atoms with Gasteiger partial charge in [0.2, 0.25) is 11.8 Å². The van der Waals surface area contributed by atoms with E-state index < -0.39 is 17.3 Å². The van der Waals surface area contributed by atoms with E-state index in [9.17, 15) is 14.4 Å². The van der Waals surface area contributed by atoms with E-state index >= 15 is 0 Å². The molecule has 1 aliphatic heterocycles. The van der Waals surface area contributed by atoms with Crippen molar-refractivity contribution < 1.29 is 19.5 Å². The number of rotatable bonds is 6. The summed E-state index contributed by atoms with van der Waals surface area (Å²) in [6, 6.07) is 5.93. The van der Waals surface area contributed by atoms with E-state index in [1.165, 1.54) is 0 Å². The van der Waals surface area contributed by atoms with E-state index in [0.29, 0.717) is 25.8 Å². The lowest BCUT2D eigenvalue weighted by atomic mass is 9.95. The monoisotopic (exact) mass is 316 g/mol. The second-order valence-electron chi connectivity index (χ2n) is 6.25. The number of aliphatic carboxylic acids is 1. The number of nitrogens with one attached hydrogen (secondary N) is 2. The Morgan fingerprint density at radius 2 is 2.13 bits per heavy atom. The Hall–Kier alpha value is -2.37. The molecular weight excluding hydrogens is 296 g/mol. The van der Waals surface area contributed by atoms with Crippen molar-refractivity contribution in [3.63, 3.8) is 0 Å². The van der Waals surface area contributed by atoms with Crippen molar-refractivity contribution in [3.8, 4) is 0 Å². The molecule has 6 nitrogen and oxygen atoms in total. The smallest absolute Gasteiger partial charge is 0.319 e. The maximum atomic E-state index is 12.1. The topological polar surface area (TPSA) is 95.5 Å². The van der Waals surface area contributed by atoms with Crippen LogP contribution in [0.15, 0.2) is 18.2 Å². The zero-order valence-electron chi connectivity index (χ0n) is 13.0. The number of anilines is 1. The van der Waals surface area contributed by atoms with Gasteiger partial charge in [-0.1, -0.05) is 19.1 Å². The molecule has 0 bridgehead atoms. The molecule has 0 saturated heterocycles. The summed E-state index contributed by atoms with van der Waals surface area (Å²) in [6.45, 7) is 2.35. The first-order valence-corrected chi connectivity index (χ1v) is 7.93. The number of carbonyl (C=O) groups is 3. The molecule has 0 aromatic heterocycles. The molecule has 2 aliphatic rings. The highest BCUT2D eigenvalue weighted by molar-refractivity contribution is 6.05. The van der Waals surface area contributed by atoms with E-state index in [1.807, 2.05) is 18.2 Å². The molecule has 2 amide bonds. The van der Waals surface area contributed by atoms with Crippen LogP contribution in [0.2, 0.25) is 0 Å². The third kappa shape index (κ3) is 2.69. The van der Waals surface area contributed by atoms with Gasteiger partial charge in [0.25, 0.3) is 0 Å². The van der Waals surface area contributed by atoms with Gasteiger partial charge in [-0.3, -0.25) is 14.4 Å². The molecule has 1 fully saturated rings. The summed E-state index contributed by atoms with van der Waals surface area (Å²) in [5, 5.41) is 14.6. The second-order valence-corrected chi connectivity index (χ2v) is 6.25. The predicted molar refractivity (Wildman–Crippen MR) is 84.1 cm³/mol. The maximum absolute atomic E-state index is 12.1. The highest BCUT2D eigenvalue weighted by Gasteiger charge is 2.56. The Kier molecular flexibility index (Phi) is 3.83. The molecule has 1 unspecified atom stereocenters. The van der Waals surface area contributed by atoms with E-state index in [2.05, 4.69) is 17.6 Å². The normalized spacial score (nSPS) is 20.6. The van der Waals surface area contributed by atoms with Crippen LogP contribution in [0.5, 0.6) is 0 Å². The van der Waals surface area contributed by atoms with E-state index in [-0.39, 0.29) is 11.8 Å². The zero-order chi connectivity index (χ0) is 16.6. The number of fused-ring (bicyclic) bond motifs is 1. The van der Waals surface area contributed by atoms with Crippen LogP contribution in [-0.4, -0.2) is 29.4 Å². The van der Waals surface area contributed by atoms with Gasteiger partial charge in [0.05, 0.1) is 5.92 Å². The molecule has 23 heavy (non-hydrogen) atoms. The van der Waals surface area contributed by atoms with Gasteiger partial charge in [-0.25, -0.2) is 0 Å². The molecule has 0 radical (unpaired) electrons. The predicted octanol–water partition coefficient (Wildman–Crippen LogP) is 1.66. The molecular formula is C17H20N2O4. The molecule has 6 heteroatoms. The fourth-order valence-corrected chi connectivity index (χ4v) is 3.04. The Bertz CT molecular complexity index is 679. The zero-order valence-corrected chi connectivity index (χ0v) is 13.0. The summed E-state index contributed by atoms with van der Waals surface area (Å²) in [5.41, 5.74) is 1.72. The summed E-state index contributed by atoms with van der Waals surface area (Å²) in [4.78, 5) is 35.2. The van der Waals surface area contributed by atoms with Crippen LogP contribution in [0.25, 0.3) is 0 Å². The van der Waals surface area contributed by atoms with Gasteiger partial charge in [-0.2, -0.15) is 0 Å². The lowest BCUT2D eigenvalue weighted by molar-refractivity contribution is -0.149. The van der Waals surface area contributed by atoms with Crippen LogP contribution in [0.4, 0.5) is 5.69 Å². The molecule has 1 aromatic rings. The molecule has 1 heterocycles. The summed E-state index contributed by atoms with van der Waals surface area (Å²) < 4.78 is 0. The summed E-state index contributed by atoms with van der Waals surface area (Å²) in [6.07, 6.45) is 2.14. The minimum Gasteiger partial charge on any atom is -0.480 e. The van der Waals surface area contributed by atoms with Gasteiger partial charge in [0.1, 0.15) is 5.41 Å². The minimum atomic E-state index is -1.23. The fourth-order valence-electron chi connectivity index (χ4n) is 3.04. The minimum absolute atomic E-state index is 0.0677. The Labute approximate surface area is 134 Å². The standard InChI is InChI=1S/C17H20N2O4/c1-2-10-3-4-13-12(9-10)11(14(20)19-13)5-8-18-15(21)17(6-7-17)16(22)23/h3-4,9,11H,2,5-8H2,1H3,(H,18,21)(H,19,20)(H,22,23). The molecule has 3 N–H and O–H groups in total. The molecule has 0 spiro atoms. The van der Waals surface area contributed by atoms with Crippen LogP contribution in [0.1, 0.15) is 43.2 Å². The van der Waals surface area contributed by atoms with Gasteiger partial charge in [0, 0.05) is 12.2 Å². The lowest BCUT2D eigenvalue weighted by Crippen LogP contribution is -2.38. The molecule has 1 saturated carbocycles. The number of carboxylic acid groups (broad SMARTS) is 1. The van der Waals surface area contributed by atoms with Crippen molar-refractivity contribution in [2.75, 3.05) is 11.9 Å². The summed E-state index contributed by atoms with van der Waals surface area (Å²) in [7, 11) is 0. The second kappa shape index (κ2) is 5.68. The van der Waals surface area contributed by atoms with Crippen molar-refractivity contribution in [2.45, 2.75) is 38.5 Å². The van der Waals surface area contributed by atoms with Crippen molar-refractivity contribution in [2.24, 2.45) is 5.41 Å². The van der Waals surface area contributed by atoms with E-state index in [1.54, 1.807) is 0 Å². The lowest BCUT2D eigenvalue weighted by Gasteiger charge is -2.13. The SMILES string of the molecule is CCc1ccc2c(c1)C(CCNC(=O)C1(C(=O)O)CC1)C(=O)N2. The largest absolute Gasteiger partial charge is 0.480 e. The van der Waals surface area contributed by atoms with Crippen molar-refractivity contribution >= 4 is 23.5 Å². The van der Waals surface area contributed by atoms with Gasteiger partial charge in [-0.15, -0.1) is 0 Å². The van der Waals surface area contributed by atoms with Gasteiger partial charge in [0.15, 0.2) is 0 Å². The average molecular weight is 316 g/mol. The highest BCUT2D eigenvalue weighted by Crippen LogP contribution is 2.46. The number of benzene rings is 1.